The molecular weight excluding hydrogens is 394 g/mol. The average molecular weight is 420 g/mol. The second kappa shape index (κ2) is 9.51. The number of hydrogen-bond acceptors (Lipinski definition) is 5. The Hall–Kier alpha value is -2.94. The summed E-state index contributed by atoms with van der Waals surface area (Å²) in [5.74, 6) is -0.224. The molecule has 1 N–H and O–H groups in total. The molecule has 1 amide bonds. The third-order valence-corrected chi connectivity index (χ3v) is 5.66. The average Bonchev–Trinajstić information content (AvgIpc) is 2.65. The van der Waals surface area contributed by atoms with E-state index in [-0.39, 0.29) is 36.7 Å². The highest BCUT2D eigenvalue weighted by Gasteiger charge is 2.22. The van der Waals surface area contributed by atoms with Crippen LogP contribution in [0, 0.1) is 17.0 Å². The number of sulfonamides is 1. The number of nitrogens with one attached hydrogen (secondary N) is 1. The Morgan fingerprint density at radius 3 is 2.38 bits per heavy atom. The minimum absolute atomic E-state index is 0.0447. The number of amides is 1. The van der Waals surface area contributed by atoms with Crippen molar-refractivity contribution in [2.24, 2.45) is 0 Å². The molecule has 156 valence electrons. The molecule has 0 saturated heterocycles. The van der Waals surface area contributed by atoms with Gasteiger partial charge in [-0.1, -0.05) is 25.1 Å². The number of rotatable bonds is 9. The SMILES string of the molecule is CCc1ccc(NC(=O)CCCN(c2cc([N+](=O)[O-])ccc2C)S(C)(=O)=O)cc1. The zero-order valence-electron chi connectivity index (χ0n) is 16.7. The number of carbonyl (C=O) groups is 1. The van der Waals surface area contributed by atoms with Gasteiger partial charge in [0, 0.05) is 30.8 Å². The molecular formula is C20H25N3O5S. The van der Waals surface area contributed by atoms with Gasteiger partial charge in [-0.15, -0.1) is 0 Å². The topological polar surface area (TPSA) is 110 Å². The summed E-state index contributed by atoms with van der Waals surface area (Å²) in [6.07, 6.45) is 2.34. The van der Waals surface area contributed by atoms with Crippen molar-refractivity contribution in [3.05, 3.63) is 63.7 Å². The molecule has 0 unspecified atom stereocenters. The molecule has 0 aliphatic heterocycles. The summed E-state index contributed by atoms with van der Waals surface area (Å²) in [6, 6.07) is 11.6. The van der Waals surface area contributed by atoms with Gasteiger partial charge in [0.05, 0.1) is 16.9 Å². The summed E-state index contributed by atoms with van der Waals surface area (Å²) in [6.45, 7) is 3.77. The maximum Gasteiger partial charge on any atom is 0.271 e. The fraction of sp³-hybridized carbons (Fsp3) is 0.350. The molecule has 2 aromatic carbocycles. The molecule has 2 rings (SSSR count). The van der Waals surface area contributed by atoms with E-state index >= 15 is 0 Å². The molecule has 0 aliphatic rings. The number of benzene rings is 2. The fourth-order valence-corrected chi connectivity index (χ4v) is 3.89. The van der Waals surface area contributed by atoms with Crippen LogP contribution in [0.3, 0.4) is 0 Å². The summed E-state index contributed by atoms with van der Waals surface area (Å²) in [7, 11) is -3.67. The van der Waals surface area contributed by atoms with Gasteiger partial charge in [0.1, 0.15) is 0 Å². The molecule has 0 bridgehead atoms. The molecule has 0 aromatic heterocycles. The van der Waals surface area contributed by atoms with E-state index in [0.29, 0.717) is 11.3 Å². The van der Waals surface area contributed by atoms with Crippen LogP contribution in [0.4, 0.5) is 17.1 Å². The number of carbonyl (C=O) groups excluding carboxylic acids is 1. The van der Waals surface area contributed by atoms with Gasteiger partial charge in [0.15, 0.2) is 0 Å². The third kappa shape index (κ3) is 6.28. The molecule has 0 fully saturated rings. The van der Waals surface area contributed by atoms with Crippen molar-refractivity contribution in [2.45, 2.75) is 33.1 Å². The molecule has 0 spiro atoms. The minimum Gasteiger partial charge on any atom is -0.326 e. The summed E-state index contributed by atoms with van der Waals surface area (Å²) < 4.78 is 25.6. The Kier molecular flexibility index (Phi) is 7.33. The first-order valence-electron chi connectivity index (χ1n) is 9.23. The van der Waals surface area contributed by atoms with Crippen LogP contribution in [-0.4, -0.2) is 32.0 Å². The number of non-ortho nitro benzene ring substituents is 1. The maximum absolute atomic E-state index is 12.2. The van der Waals surface area contributed by atoms with E-state index < -0.39 is 14.9 Å². The van der Waals surface area contributed by atoms with Crippen LogP contribution in [0.15, 0.2) is 42.5 Å². The number of aryl methyl sites for hydroxylation is 2. The third-order valence-electron chi connectivity index (χ3n) is 4.48. The van der Waals surface area contributed by atoms with Crippen LogP contribution in [-0.2, 0) is 21.2 Å². The molecule has 8 nitrogen and oxygen atoms in total. The van der Waals surface area contributed by atoms with E-state index in [1.54, 1.807) is 6.92 Å². The van der Waals surface area contributed by atoms with Crippen molar-refractivity contribution in [1.29, 1.82) is 0 Å². The Balaban J connectivity index is 2.05. The van der Waals surface area contributed by atoms with Crippen molar-refractivity contribution in [3.63, 3.8) is 0 Å². The monoisotopic (exact) mass is 419 g/mol. The molecule has 29 heavy (non-hydrogen) atoms. The minimum atomic E-state index is -3.67. The van der Waals surface area contributed by atoms with Gasteiger partial charge in [-0.2, -0.15) is 0 Å². The van der Waals surface area contributed by atoms with E-state index in [9.17, 15) is 23.3 Å². The molecule has 0 radical (unpaired) electrons. The van der Waals surface area contributed by atoms with Gasteiger partial charge >= 0.3 is 0 Å². The zero-order valence-corrected chi connectivity index (χ0v) is 17.5. The lowest BCUT2D eigenvalue weighted by atomic mass is 10.1. The van der Waals surface area contributed by atoms with Gasteiger partial charge in [-0.3, -0.25) is 19.2 Å². The van der Waals surface area contributed by atoms with Crippen LogP contribution in [0.25, 0.3) is 0 Å². The van der Waals surface area contributed by atoms with Crippen LogP contribution in [0.2, 0.25) is 0 Å². The van der Waals surface area contributed by atoms with E-state index in [2.05, 4.69) is 5.32 Å². The molecule has 0 heterocycles. The Labute approximate surface area is 170 Å². The zero-order chi connectivity index (χ0) is 21.6. The number of nitro groups is 1. The van der Waals surface area contributed by atoms with Crippen LogP contribution >= 0.6 is 0 Å². The van der Waals surface area contributed by atoms with Crippen molar-refractivity contribution in [3.8, 4) is 0 Å². The van der Waals surface area contributed by atoms with Crippen molar-refractivity contribution in [1.82, 2.24) is 0 Å². The largest absolute Gasteiger partial charge is 0.326 e. The normalized spacial score (nSPS) is 11.1. The van der Waals surface area contributed by atoms with E-state index in [1.165, 1.54) is 23.8 Å². The van der Waals surface area contributed by atoms with Gasteiger partial charge in [-0.05, 0) is 43.0 Å². The summed E-state index contributed by atoms with van der Waals surface area (Å²) in [5.41, 5.74) is 2.51. The Morgan fingerprint density at radius 1 is 1.17 bits per heavy atom. The highest BCUT2D eigenvalue weighted by molar-refractivity contribution is 7.92. The fourth-order valence-electron chi connectivity index (χ4n) is 2.88. The lowest BCUT2D eigenvalue weighted by Gasteiger charge is -2.24. The van der Waals surface area contributed by atoms with Crippen LogP contribution < -0.4 is 9.62 Å². The predicted octanol–water partition coefficient (Wildman–Crippen LogP) is 3.65. The van der Waals surface area contributed by atoms with E-state index in [4.69, 9.17) is 0 Å². The second-order valence-electron chi connectivity index (χ2n) is 6.77. The molecule has 0 atom stereocenters. The lowest BCUT2D eigenvalue weighted by molar-refractivity contribution is -0.384. The van der Waals surface area contributed by atoms with E-state index in [0.717, 1.165) is 17.0 Å². The van der Waals surface area contributed by atoms with Gasteiger partial charge in [-0.25, -0.2) is 8.42 Å². The number of nitro benzene ring substituents is 1. The molecule has 0 saturated carbocycles. The number of anilines is 2. The van der Waals surface area contributed by atoms with Crippen molar-refractivity contribution >= 4 is 33.0 Å². The first kappa shape index (κ1) is 22.4. The first-order valence-corrected chi connectivity index (χ1v) is 11.1. The predicted molar refractivity (Wildman–Crippen MR) is 114 cm³/mol. The Morgan fingerprint density at radius 2 is 1.83 bits per heavy atom. The summed E-state index contributed by atoms with van der Waals surface area (Å²) in [5, 5.41) is 13.8. The lowest BCUT2D eigenvalue weighted by Crippen LogP contribution is -2.32. The molecule has 9 heteroatoms. The summed E-state index contributed by atoms with van der Waals surface area (Å²) >= 11 is 0. The van der Waals surface area contributed by atoms with Crippen LogP contribution in [0.5, 0.6) is 0 Å². The quantitative estimate of drug-likeness (QED) is 0.493. The van der Waals surface area contributed by atoms with Gasteiger partial charge < -0.3 is 5.32 Å². The molecule has 0 aliphatic carbocycles. The Bertz CT molecular complexity index is 988. The van der Waals surface area contributed by atoms with Crippen molar-refractivity contribution < 1.29 is 18.1 Å². The highest BCUT2D eigenvalue weighted by atomic mass is 32.2. The van der Waals surface area contributed by atoms with Crippen molar-refractivity contribution in [2.75, 3.05) is 22.4 Å². The smallest absolute Gasteiger partial charge is 0.271 e. The first-order chi connectivity index (χ1) is 13.6. The standard InChI is InChI=1S/C20H25N3O5S/c1-4-16-8-10-17(11-9-16)21-20(24)6-5-13-22(29(3,27)28)19-14-18(23(25)26)12-7-15(19)2/h7-12,14H,4-6,13H2,1-3H3,(H,21,24). The summed E-state index contributed by atoms with van der Waals surface area (Å²) in [4.78, 5) is 22.6. The second-order valence-corrected chi connectivity index (χ2v) is 8.67. The van der Waals surface area contributed by atoms with Gasteiger partial charge in [0.25, 0.3) is 5.69 Å². The number of nitrogens with zero attached hydrogens (tertiary/aromatic N) is 2. The van der Waals surface area contributed by atoms with E-state index in [1.807, 2.05) is 31.2 Å². The molecule has 2 aromatic rings. The highest BCUT2D eigenvalue weighted by Crippen LogP contribution is 2.27. The number of hydrogen-bond donors (Lipinski definition) is 1. The maximum atomic E-state index is 12.2. The van der Waals surface area contributed by atoms with Gasteiger partial charge in [0.2, 0.25) is 15.9 Å². The van der Waals surface area contributed by atoms with Crippen LogP contribution in [0.1, 0.15) is 30.9 Å².